The number of piperidine rings is 1. The predicted molar refractivity (Wildman–Crippen MR) is 96.4 cm³/mol. The second kappa shape index (κ2) is 9.11. The predicted octanol–water partition coefficient (Wildman–Crippen LogP) is 1.26. The zero-order valence-corrected chi connectivity index (χ0v) is 15.5. The van der Waals surface area contributed by atoms with E-state index in [2.05, 4.69) is 34.5 Å². The topological polar surface area (TPSA) is 69.2 Å². The number of hydrogen-bond acceptors (Lipinski definition) is 4. The summed E-state index contributed by atoms with van der Waals surface area (Å²) in [6.45, 7) is 6.86. The molecule has 1 aliphatic heterocycles. The molecule has 1 saturated carbocycles. The van der Waals surface area contributed by atoms with Crippen LogP contribution in [0.25, 0.3) is 0 Å². The Morgan fingerprint density at radius 2 is 2.00 bits per heavy atom. The Labute approximate surface area is 145 Å². The van der Waals surface area contributed by atoms with Crippen molar-refractivity contribution in [3.8, 4) is 0 Å². The normalized spacial score (nSPS) is 20.9. The molecular formula is C17H33N5O2. The molecular weight excluding hydrogens is 306 g/mol. The lowest BCUT2D eigenvalue weighted by molar-refractivity contribution is 0.0963. The first-order chi connectivity index (χ1) is 11.5. The minimum atomic E-state index is -0.199. The Bertz CT molecular complexity index is 431. The van der Waals surface area contributed by atoms with Crippen LogP contribution in [-0.4, -0.2) is 80.3 Å². The van der Waals surface area contributed by atoms with E-state index in [0.29, 0.717) is 18.7 Å². The number of amides is 1. The van der Waals surface area contributed by atoms with Crippen molar-refractivity contribution in [2.45, 2.75) is 57.7 Å². The molecule has 1 saturated heterocycles. The summed E-state index contributed by atoms with van der Waals surface area (Å²) < 4.78 is 5.06. The smallest absolute Gasteiger partial charge is 0.409 e. The minimum Gasteiger partial charge on any atom is -0.450 e. The Morgan fingerprint density at radius 3 is 2.54 bits per heavy atom. The summed E-state index contributed by atoms with van der Waals surface area (Å²) >= 11 is 0. The standard InChI is InChI=1S/C17H33N5O2/c1-5-24-17(23)22-10-8-14(9-11-22)20-16(18-3)19-12-13(2)21(4)15-6-7-15/h13-15H,5-12H2,1-4H3,(H2,18,19,20). The molecule has 7 heteroatoms. The van der Waals surface area contributed by atoms with Crippen LogP contribution in [0.3, 0.4) is 0 Å². The first kappa shape index (κ1) is 18.8. The van der Waals surface area contributed by atoms with Crippen LogP contribution in [0.15, 0.2) is 4.99 Å². The summed E-state index contributed by atoms with van der Waals surface area (Å²) in [5.74, 6) is 0.848. The summed E-state index contributed by atoms with van der Waals surface area (Å²) in [7, 11) is 4.00. The number of hydrogen-bond donors (Lipinski definition) is 2. The van der Waals surface area contributed by atoms with Crippen molar-refractivity contribution < 1.29 is 9.53 Å². The van der Waals surface area contributed by atoms with Crippen molar-refractivity contribution in [3.63, 3.8) is 0 Å². The largest absolute Gasteiger partial charge is 0.450 e. The maximum absolute atomic E-state index is 11.7. The summed E-state index contributed by atoms with van der Waals surface area (Å²) in [5, 5.41) is 6.90. The minimum absolute atomic E-state index is 0.199. The highest BCUT2D eigenvalue weighted by atomic mass is 16.6. The summed E-state index contributed by atoms with van der Waals surface area (Å²) in [4.78, 5) is 20.3. The van der Waals surface area contributed by atoms with Gasteiger partial charge in [0.1, 0.15) is 0 Å². The number of carbonyl (C=O) groups is 1. The van der Waals surface area contributed by atoms with E-state index in [9.17, 15) is 4.79 Å². The Hall–Kier alpha value is -1.50. The fraction of sp³-hybridized carbons (Fsp3) is 0.882. The molecule has 0 aromatic heterocycles. The molecule has 24 heavy (non-hydrogen) atoms. The number of aliphatic imine (C=N–C) groups is 1. The van der Waals surface area contributed by atoms with Gasteiger partial charge in [0, 0.05) is 44.8 Å². The highest BCUT2D eigenvalue weighted by molar-refractivity contribution is 5.80. The Kier molecular flexibility index (Phi) is 7.15. The lowest BCUT2D eigenvalue weighted by atomic mass is 10.1. The first-order valence-electron chi connectivity index (χ1n) is 9.16. The van der Waals surface area contributed by atoms with Crippen molar-refractivity contribution in [2.75, 3.05) is 40.3 Å². The van der Waals surface area contributed by atoms with Crippen LogP contribution in [0, 0.1) is 0 Å². The summed E-state index contributed by atoms with van der Waals surface area (Å²) in [6, 6.07) is 1.60. The molecule has 0 spiro atoms. The number of carbonyl (C=O) groups excluding carboxylic acids is 1. The van der Waals surface area contributed by atoms with Crippen LogP contribution in [-0.2, 0) is 4.74 Å². The molecule has 1 aliphatic carbocycles. The lowest BCUT2D eigenvalue weighted by Gasteiger charge is -2.32. The van der Waals surface area contributed by atoms with E-state index >= 15 is 0 Å². The molecule has 0 aromatic rings. The average molecular weight is 339 g/mol. The van der Waals surface area contributed by atoms with Crippen LogP contribution in [0.1, 0.15) is 39.5 Å². The monoisotopic (exact) mass is 339 g/mol. The number of rotatable bonds is 6. The van der Waals surface area contributed by atoms with Gasteiger partial charge in [0.25, 0.3) is 0 Å². The highest BCUT2D eigenvalue weighted by Gasteiger charge is 2.29. The quantitative estimate of drug-likeness (QED) is 0.563. The molecule has 2 fully saturated rings. The third-order valence-corrected chi connectivity index (χ3v) is 4.97. The number of likely N-dealkylation sites (tertiary alicyclic amines) is 1. The molecule has 0 radical (unpaired) electrons. The van der Waals surface area contributed by atoms with Crippen molar-refractivity contribution in [1.29, 1.82) is 0 Å². The molecule has 138 valence electrons. The van der Waals surface area contributed by atoms with Gasteiger partial charge in [-0.3, -0.25) is 9.89 Å². The van der Waals surface area contributed by atoms with Gasteiger partial charge in [0.2, 0.25) is 0 Å². The van der Waals surface area contributed by atoms with E-state index in [1.807, 2.05) is 6.92 Å². The second-order valence-electron chi connectivity index (χ2n) is 6.80. The molecule has 0 aromatic carbocycles. The zero-order chi connectivity index (χ0) is 17.5. The Balaban J connectivity index is 1.69. The van der Waals surface area contributed by atoms with Crippen molar-refractivity contribution in [1.82, 2.24) is 20.4 Å². The van der Waals surface area contributed by atoms with Crippen molar-refractivity contribution >= 4 is 12.1 Å². The van der Waals surface area contributed by atoms with Crippen LogP contribution in [0.2, 0.25) is 0 Å². The number of guanidine groups is 1. The third kappa shape index (κ3) is 5.54. The van der Waals surface area contributed by atoms with Gasteiger partial charge < -0.3 is 20.3 Å². The molecule has 1 amide bonds. The fourth-order valence-electron chi connectivity index (χ4n) is 3.04. The van der Waals surface area contributed by atoms with Gasteiger partial charge in [0.15, 0.2) is 5.96 Å². The second-order valence-corrected chi connectivity index (χ2v) is 6.80. The number of nitrogens with zero attached hydrogens (tertiary/aromatic N) is 3. The van der Waals surface area contributed by atoms with Crippen LogP contribution in [0.4, 0.5) is 4.79 Å². The summed E-state index contributed by atoms with van der Waals surface area (Å²) in [6.07, 6.45) is 4.28. The maximum Gasteiger partial charge on any atom is 0.409 e. The van der Waals surface area contributed by atoms with Gasteiger partial charge in [-0.15, -0.1) is 0 Å². The van der Waals surface area contributed by atoms with E-state index in [4.69, 9.17) is 4.74 Å². The van der Waals surface area contributed by atoms with E-state index in [-0.39, 0.29) is 6.09 Å². The van der Waals surface area contributed by atoms with E-state index in [1.165, 1.54) is 12.8 Å². The van der Waals surface area contributed by atoms with Crippen LogP contribution in [0.5, 0.6) is 0 Å². The molecule has 1 atom stereocenters. The lowest BCUT2D eigenvalue weighted by Crippen LogP contribution is -2.51. The maximum atomic E-state index is 11.7. The number of nitrogens with one attached hydrogen (secondary N) is 2. The van der Waals surface area contributed by atoms with E-state index in [0.717, 1.165) is 44.5 Å². The SMILES string of the molecule is CCOC(=O)N1CCC(NC(=NC)NCC(C)N(C)C2CC2)CC1. The molecule has 0 bridgehead atoms. The van der Waals surface area contributed by atoms with Gasteiger partial charge >= 0.3 is 6.09 Å². The molecule has 1 heterocycles. The van der Waals surface area contributed by atoms with Crippen molar-refractivity contribution in [2.24, 2.45) is 4.99 Å². The average Bonchev–Trinajstić information content (AvgIpc) is 3.43. The number of ether oxygens (including phenoxy) is 1. The molecule has 2 rings (SSSR count). The third-order valence-electron chi connectivity index (χ3n) is 4.97. The highest BCUT2D eigenvalue weighted by Crippen LogP contribution is 2.26. The number of likely N-dealkylation sites (N-methyl/N-ethyl adjacent to an activating group) is 1. The van der Waals surface area contributed by atoms with Crippen LogP contribution >= 0.6 is 0 Å². The van der Waals surface area contributed by atoms with Crippen molar-refractivity contribution in [3.05, 3.63) is 0 Å². The zero-order valence-electron chi connectivity index (χ0n) is 15.5. The molecule has 1 unspecified atom stereocenters. The van der Waals surface area contributed by atoms with E-state index < -0.39 is 0 Å². The van der Waals surface area contributed by atoms with Gasteiger partial charge in [-0.2, -0.15) is 0 Å². The Morgan fingerprint density at radius 1 is 1.33 bits per heavy atom. The van der Waals surface area contributed by atoms with Gasteiger partial charge in [0.05, 0.1) is 6.61 Å². The van der Waals surface area contributed by atoms with Crippen LogP contribution < -0.4 is 10.6 Å². The van der Waals surface area contributed by atoms with Gasteiger partial charge in [-0.05, 0) is 46.6 Å². The molecule has 2 aliphatic rings. The fourth-order valence-corrected chi connectivity index (χ4v) is 3.04. The first-order valence-corrected chi connectivity index (χ1v) is 9.16. The van der Waals surface area contributed by atoms with Gasteiger partial charge in [-0.25, -0.2) is 4.79 Å². The molecule has 2 N–H and O–H groups in total. The van der Waals surface area contributed by atoms with Gasteiger partial charge in [-0.1, -0.05) is 0 Å². The molecule has 7 nitrogen and oxygen atoms in total. The van der Waals surface area contributed by atoms with E-state index in [1.54, 1.807) is 11.9 Å². The summed E-state index contributed by atoms with van der Waals surface area (Å²) in [5.41, 5.74) is 0.